The summed E-state index contributed by atoms with van der Waals surface area (Å²) in [4.78, 5) is 11.1. The van der Waals surface area contributed by atoms with Crippen LogP contribution < -0.4 is 14.8 Å². The maximum atomic E-state index is 11.1. The van der Waals surface area contributed by atoms with Crippen LogP contribution in [0, 0.1) is 0 Å². The third-order valence-electron chi connectivity index (χ3n) is 3.84. The fourth-order valence-electron chi connectivity index (χ4n) is 2.91. The molecular formula is C14H16ClNO3. The van der Waals surface area contributed by atoms with Crippen molar-refractivity contribution in [3.8, 4) is 11.5 Å². The lowest BCUT2D eigenvalue weighted by Gasteiger charge is -2.31. The largest absolute Gasteiger partial charge is 0.486 e. The van der Waals surface area contributed by atoms with Gasteiger partial charge in [-0.2, -0.15) is 0 Å². The summed E-state index contributed by atoms with van der Waals surface area (Å²) in [5.41, 5.74) is 1.14. The van der Waals surface area contributed by atoms with Crippen LogP contribution in [0.2, 0.25) is 5.02 Å². The van der Waals surface area contributed by atoms with Crippen molar-refractivity contribution in [3.63, 3.8) is 0 Å². The molecule has 1 saturated heterocycles. The number of benzene rings is 1. The average Bonchev–Trinajstić information content (AvgIpc) is 2.85. The van der Waals surface area contributed by atoms with Crippen LogP contribution in [0.4, 0.5) is 0 Å². The zero-order valence-corrected chi connectivity index (χ0v) is 11.5. The lowest BCUT2D eigenvalue weighted by molar-refractivity contribution is 0.111. The summed E-state index contributed by atoms with van der Waals surface area (Å²) < 4.78 is 11.4. The first-order valence-corrected chi connectivity index (χ1v) is 6.86. The van der Waals surface area contributed by atoms with E-state index in [9.17, 15) is 4.79 Å². The zero-order chi connectivity index (χ0) is 13.5. The molecule has 5 heteroatoms. The fourth-order valence-corrected chi connectivity index (χ4v) is 3.32. The summed E-state index contributed by atoms with van der Waals surface area (Å²) in [5, 5.41) is 4.03. The molecule has 2 aliphatic rings. The van der Waals surface area contributed by atoms with Crippen molar-refractivity contribution in [1.29, 1.82) is 0 Å². The monoisotopic (exact) mass is 281 g/mol. The number of aldehydes is 1. The van der Waals surface area contributed by atoms with Gasteiger partial charge in [0.15, 0.2) is 17.8 Å². The van der Waals surface area contributed by atoms with E-state index >= 15 is 0 Å². The molecule has 0 aromatic heterocycles. The minimum absolute atomic E-state index is 0.219. The summed E-state index contributed by atoms with van der Waals surface area (Å²) in [6.45, 7) is 4.01. The molecule has 1 aromatic carbocycles. The Bertz CT molecular complexity index is 524. The van der Waals surface area contributed by atoms with Gasteiger partial charge in [-0.05, 0) is 32.4 Å². The van der Waals surface area contributed by atoms with Gasteiger partial charge in [-0.1, -0.05) is 11.6 Å². The number of hydrogen-bond acceptors (Lipinski definition) is 4. The number of carbonyl (C=O) groups excluding carboxylic acids is 1. The minimum Gasteiger partial charge on any atom is -0.486 e. The number of carbonyl (C=O) groups is 1. The first kappa shape index (κ1) is 12.8. The highest BCUT2D eigenvalue weighted by Gasteiger charge is 2.37. The van der Waals surface area contributed by atoms with E-state index in [4.69, 9.17) is 21.1 Å². The van der Waals surface area contributed by atoms with E-state index in [0.717, 1.165) is 31.2 Å². The number of fused-ring (bicyclic) bond motifs is 1. The molecule has 4 nitrogen and oxygen atoms in total. The Morgan fingerprint density at radius 2 is 2.11 bits per heavy atom. The van der Waals surface area contributed by atoms with Gasteiger partial charge < -0.3 is 14.8 Å². The number of halogens is 1. The Morgan fingerprint density at radius 3 is 2.74 bits per heavy atom. The van der Waals surface area contributed by atoms with Crippen LogP contribution in [0.25, 0.3) is 0 Å². The summed E-state index contributed by atoms with van der Waals surface area (Å²) in [5.74, 6) is 1.15. The molecule has 1 aromatic rings. The molecule has 1 unspecified atom stereocenters. The van der Waals surface area contributed by atoms with Gasteiger partial charge in [0, 0.05) is 11.1 Å². The van der Waals surface area contributed by atoms with E-state index in [2.05, 4.69) is 12.2 Å². The topological polar surface area (TPSA) is 47.6 Å². The molecule has 0 radical (unpaired) electrons. The van der Waals surface area contributed by atoms with Gasteiger partial charge in [0.1, 0.15) is 13.2 Å². The first-order valence-electron chi connectivity index (χ1n) is 6.48. The second kappa shape index (κ2) is 4.69. The van der Waals surface area contributed by atoms with Gasteiger partial charge in [0.2, 0.25) is 0 Å². The second-order valence-corrected chi connectivity index (χ2v) is 5.57. The highest BCUT2D eigenvalue weighted by molar-refractivity contribution is 6.32. The highest BCUT2D eigenvalue weighted by Crippen LogP contribution is 2.47. The third kappa shape index (κ3) is 1.99. The molecule has 1 atom stereocenters. The molecule has 0 bridgehead atoms. The quantitative estimate of drug-likeness (QED) is 0.846. The van der Waals surface area contributed by atoms with Crippen molar-refractivity contribution in [2.75, 3.05) is 19.8 Å². The van der Waals surface area contributed by atoms with E-state index in [1.807, 2.05) is 0 Å². The Morgan fingerprint density at radius 1 is 1.37 bits per heavy atom. The Labute approximate surface area is 117 Å². The molecule has 1 fully saturated rings. The third-order valence-corrected chi connectivity index (χ3v) is 4.14. The average molecular weight is 282 g/mol. The van der Waals surface area contributed by atoms with E-state index in [-0.39, 0.29) is 5.54 Å². The Hall–Kier alpha value is -1.26. The SMILES string of the molecule is CC1(c2c(Cl)cc(C=O)c3c2OCCO3)CCCN1. The number of hydrogen-bond donors (Lipinski definition) is 1. The fraction of sp³-hybridized carbons (Fsp3) is 0.500. The summed E-state index contributed by atoms with van der Waals surface area (Å²) in [6.07, 6.45) is 2.84. The normalized spacial score (nSPS) is 25.4. The van der Waals surface area contributed by atoms with Crippen LogP contribution in [0.5, 0.6) is 11.5 Å². The van der Waals surface area contributed by atoms with Crippen LogP contribution in [-0.4, -0.2) is 26.0 Å². The predicted molar refractivity (Wildman–Crippen MR) is 72.4 cm³/mol. The van der Waals surface area contributed by atoms with Crippen LogP contribution in [0.3, 0.4) is 0 Å². The van der Waals surface area contributed by atoms with Gasteiger partial charge in [-0.25, -0.2) is 0 Å². The van der Waals surface area contributed by atoms with Gasteiger partial charge in [0.25, 0.3) is 0 Å². The molecule has 0 aliphatic carbocycles. The van der Waals surface area contributed by atoms with Gasteiger partial charge in [-0.3, -0.25) is 4.79 Å². The minimum atomic E-state index is -0.219. The lowest BCUT2D eigenvalue weighted by atomic mass is 9.88. The number of ether oxygens (including phenoxy) is 2. The molecule has 3 rings (SSSR count). The molecule has 102 valence electrons. The Kier molecular flexibility index (Phi) is 3.15. The van der Waals surface area contributed by atoms with Crippen molar-refractivity contribution >= 4 is 17.9 Å². The Balaban J connectivity index is 2.21. The van der Waals surface area contributed by atoms with E-state index in [1.54, 1.807) is 6.07 Å². The van der Waals surface area contributed by atoms with Crippen LogP contribution in [0.1, 0.15) is 35.7 Å². The van der Waals surface area contributed by atoms with Gasteiger partial charge in [0.05, 0.1) is 10.6 Å². The molecular weight excluding hydrogens is 266 g/mol. The standard InChI is InChI=1S/C14H16ClNO3/c1-14(3-2-4-16-14)11-10(15)7-9(8-17)12-13(11)19-6-5-18-12/h7-8,16H,2-6H2,1H3. The maximum absolute atomic E-state index is 11.1. The molecule has 1 N–H and O–H groups in total. The zero-order valence-electron chi connectivity index (χ0n) is 10.8. The first-order chi connectivity index (χ1) is 9.15. The van der Waals surface area contributed by atoms with Crippen molar-refractivity contribution in [1.82, 2.24) is 5.32 Å². The maximum Gasteiger partial charge on any atom is 0.172 e. The molecule has 19 heavy (non-hydrogen) atoms. The van der Waals surface area contributed by atoms with Crippen molar-refractivity contribution in [3.05, 3.63) is 22.2 Å². The van der Waals surface area contributed by atoms with Crippen molar-refractivity contribution < 1.29 is 14.3 Å². The van der Waals surface area contributed by atoms with Crippen LogP contribution in [0.15, 0.2) is 6.07 Å². The number of nitrogens with one attached hydrogen (secondary N) is 1. The molecule has 0 amide bonds. The smallest absolute Gasteiger partial charge is 0.172 e. The van der Waals surface area contributed by atoms with E-state index in [1.165, 1.54) is 0 Å². The second-order valence-electron chi connectivity index (χ2n) is 5.16. The highest BCUT2D eigenvalue weighted by atomic mass is 35.5. The van der Waals surface area contributed by atoms with E-state index in [0.29, 0.717) is 35.3 Å². The van der Waals surface area contributed by atoms with Crippen LogP contribution in [-0.2, 0) is 5.54 Å². The van der Waals surface area contributed by atoms with E-state index < -0.39 is 0 Å². The van der Waals surface area contributed by atoms with Crippen LogP contribution >= 0.6 is 11.6 Å². The predicted octanol–water partition coefficient (Wildman–Crippen LogP) is 2.52. The molecule has 0 saturated carbocycles. The molecule has 2 heterocycles. The molecule has 2 aliphatic heterocycles. The number of rotatable bonds is 2. The summed E-state index contributed by atoms with van der Waals surface area (Å²) in [7, 11) is 0. The summed E-state index contributed by atoms with van der Waals surface area (Å²) >= 11 is 6.38. The van der Waals surface area contributed by atoms with Gasteiger partial charge in [-0.15, -0.1) is 0 Å². The molecule has 0 spiro atoms. The van der Waals surface area contributed by atoms with Crippen molar-refractivity contribution in [2.45, 2.75) is 25.3 Å². The van der Waals surface area contributed by atoms with Gasteiger partial charge >= 0.3 is 0 Å². The summed E-state index contributed by atoms with van der Waals surface area (Å²) in [6, 6.07) is 1.67. The lowest BCUT2D eigenvalue weighted by Crippen LogP contribution is -2.35. The van der Waals surface area contributed by atoms with Crippen molar-refractivity contribution in [2.24, 2.45) is 0 Å².